The molecule has 174 valence electrons. The predicted octanol–water partition coefficient (Wildman–Crippen LogP) is 6.75. The van der Waals surface area contributed by atoms with Crippen LogP contribution in [0.2, 0.25) is 0 Å². The van der Waals surface area contributed by atoms with E-state index in [1.165, 1.54) is 48.5 Å². The summed E-state index contributed by atoms with van der Waals surface area (Å²) in [7, 11) is 2.02. The highest BCUT2D eigenvalue weighted by Crippen LogP contribution is 2.44. The minimum absolute atomic E-state index is 0.101. The number of hydrogen-bond acceptors (Lipinski definition) is 3. The van der Waals surface area contributed by atoms with Crippen LogP contribution in [0.3, 0.4) is 0 Å². The van der Waals surface area contributed by atoms with Crippen molar-refractivity contribution in [2.24, 2.45) is 0 Å². The number of unbranched alkanes of at least 4 members (excludes halogenated alkanes) is 7. The number of phosphoric ester groups is 1. The van der Waals surface area contributed by atoms with Crippen molar-refractivity contribution in [2.75, 3.05) is 40.9 Å². The van der Waals surface area contributed by atoms with Gasteiger partial charge in [0.05, 0.1) is 27.7 Å². The lowest BCUT2D eigenvalue weighted by atomic mass is 9.93. The first kappa shape index (κ1) is 28.1. The normalized spacial score (nSPS) is 15.1. The van der Waals surface area contributed by atoms with Gasteiger partial charge in [-0.25, -0.2) is 4.57 Å². The molecule has 0 spiro atoms. The van der Waals surface area contributed by atoms with Crippen molar-refractivity contribution in [3.05, 3.63) is 33.4 Å². The monoisotopic (exact) mass is 554 g/mol. The third-order valence-corrected chi connectivity index (χ3v) is 6.91. The van der Waals surface area contributed by atoms with E-state index in [0.717, 1.165) is 18.4 Å². The number of rotatable bonds is 17. The molecule has 0 aliphatic heterocycles. The fourth-order valence-electron chi connectivity index (χ4n) is 3.26. The summed E-state index contributed by atoms with van der Waals surface area (Å²) in [6.07, 6.45) is 11.1. The van der Waals surface area contributed by atoms with Crippen molar-refractivity contribution in [2.45, 2.75) is 70.6 Å². The van der Waals surface area contributed by atoms with Crippen molar-refractivity contribution in [1.82, 2.24) is 0 Å². The third-order valence-electron chi connectivity index (χ3n) is 5.20. The first-order chi connectivity index (χ1) is 14.1. The Morgan fingerprint density at radius 3 is 2.10 bits per heavy atom. The summed E-state index contributed by atoms with van der Waals surface area (Å²) in [4.78, 5) is 10.1. The molecular formula is C23H42INO4P+. The molecule has 2 unspecified atom stereocenters. The number of halogens is 1. The van der Waals surface area contributed by atoms with Gasteiger partial charge in [0.2, 0.25) is 0 Å². The van der Waals surface area contributed by atoms with E-state index in [4.69, 9.17) is 9.05 Å². The zero-order valence-electron chi connectivity index (χ0n) is 19.3. The maximum atomic E-state index is 12.3. The van der Waals surface area contributed by atoms with Gasteiger partial charge in [0, 0.05) is 9.49 Å². The Bertz CT molecular complexity index is 619. The minimum Gasteiger partial charge on any atom is -0.329 e. The van der Waals surface area contributed by atoms with Crippen LogP contribution >= 0.6 is 30.4 Å². The molecule has 30 heavy (non-hydrogen) atoms. The van der Waals surface area contributed by atoms with Gasteiger partial charge in [0.25, 0.3) is 0 Å². The summed E-state index contributed by atoms with van der Waals surface area (Å²) in [5.74, 6) is 0.101. The van der Waals surface area contributed by atoms with Gasteiger partial charge in [-0.1, -0.05) is 70.4 Å². The van der Waals surface area contributed by atoms with Crippen LogP contribution in [-0.2, 0) is 13.6 Å². The van der Waals surface area contributed by atoms with Crippen LogP contribution in [0.25, 0.3) is 0 Å². The van der Waals surface area contributed by atoms with Crippen LogP contribution in [0.15, 0.2) is 24.3 Å². The highest BCUT2D eigenvalue weighted by molar-refractivity contribution is 14.1. The van der Waals surface area contributed by atoms with Gasteiger partial charge in [-0.3, -0.25) is 9.05 Å². The smallest absolute Gasteiger partial charge is 0.329 e. The lowest BCUT2D eigenvalue weighted by molar-refractivity contribution is -0.870. The SMILES string of the molecule is CCCCCCCCCCC(COP(=O)(O)OCC[N+](C)(C)C)c1ccc(I)cc1. The van der Waals surface area contributed by atoms with Crippen molar-refractivity contribution in [3.8, 4) is 0 Å². The fourth-order valence-corrected chi connectivity index (χ4v) is 4.37. The minimum atomic E-state index is -4.03. The van der Waals surface area contributed by atoms with E-state index in [-0.39, 0.29) is 19.1 Å². The highest BCUT2D eigenvalue weighted by atomic mass is 127. The highest BCUT2D eigenvalue weighted by Gasteiger charge is 2.25. The number of likely N-dealkylation sites (N-methyl/N-ethyl adjacent to an activating group) is 1. The third kappa shape index (κ3) is 14.2. The lowest BCUT2D eigenvalue weighted by Crippen LogP contribution is -2.37. The Labute approximate surface area is 197 Å². The van der Waals surface area contributed by atoms with Crippen molar-refractivity contribution in [3.63, 3.8) is 0 Å². The number of nitrogens with zero attached hydrogens (tertiary/aromatic N) is 1. The second-order valence-corrected chi connectivity index (χ2v) is 11.8. The van der Waals surface area contributed by atoms with Crippen molar-refractivity contribution in [1.29, 1.82) is 0 Å². The second-order valence-electron chi connectivity index (χ2n) is 9.12. The first-order valence-corrected chi connectivity index (χ1v) is 13.9. The Morgan fingerprint density at radius 1 is 0.967 bits per heavy atom. The maximum absolute atomic E-state index is 12.3. The molecule has 1 N–H and O–H groups in total. The zero-order chi connectivity index (χ0) is 22.5. The van der Waals surface area contributed by atoms with Crippen LogP contribution in [0.5, 0.6) is 0 Å². The van der Waals surface area contributed by atoms with Crippen LogP contribution < -0.4 is 0 Å². The summed E-state index contributed by atoms with van der Waals surface area (Å²) < 4.78 is 24.7. The van der Waals surface area contributed by atoms with E-state index in [0.29, 0.717) is 11.0 Å². The summed E-state index contributed by atoms with van der Waals surface area (Å²) in [5.41, 5.74) is 1.16. The van der Waals surface area contributed by atoms with E-state index >= 15 is 0 Å². The molecule has 0 radical (unpaired) electrons. The van der Waals surface area contributed by atoms with E-state index in [2.05, 4.69) is 53.8 Å². The van der Waals surface area contributed by atoms with Gasteiger partial charge >= 0.3 is 7.82 Å². The number of phosphoric acid groups is 1. The second kappa shape index (κ2) is 15.0. The molecule has 0 bridgehead atoms. The van der Waals surface area contributed by atoms with Gasteiger partial charge in [-0.2, -0.15) is 0 Å². The Balaban J connectivity index is 2.50. The number of hydrogen-bond donors (Lipinski definition) is 1. The van der Waals surface area contributed by atoms with E-state index in [1.807, 2.05) is 21.1 Å². The summed E-state index contributed by atoms with van der Waals surface area (Å²) >= 11 is 2.29. The number of benzene rings is 1. The van der Waals surface area contributed by atoms with Crippen molar-refractivity contribution >= 4 is 30.4 Å². The first-order valence-electron chi connectivity index (χ1n) is 11.3. The Kier molecular flexibility index (Phi) is 14.0. The summed E-state index contributed by atoms with van der Waals surface area (Å²) in [6.45, 7) is 3.29. The molecule has 1 rings (SSSR count). The standard InChI is InChI=1S/C23H41INO4P/c1-5-6-7-8-9-10-11-12-13-22(21-14-16-23(24)17-15-21)20-29-30(26,27)28-19-18-25(2,3)4/h14-17,22H,5-13,18-20H2,1-4H3/p+1. The molecule has 0 saturated heterocycles. The van der Waals surface area contributed by atoms with Crippen LogP contribution in [-0.4, -0.2) is 50.3 Å². The zero-order valence-corrected chi connectivity index (χ0v) is 22.4. The molecule has 2 atom stereocenters. The molecule has 0 fully saturated rings. The summed E-state index contributed by atoms with van der Waals surface area (Å²) in [5, 5.41) is 0. The maximum Gasteiger partial charge on any atom is 0.472 e. The molecule has 0 aliphatic carbocycles. The van der Waals surface area contributed by atoms with Gasteiger partial charge in [0.15, 0.2) is 0 Å². The molecule has 0 saturated carbocycles. The average molecular weight is 554 g/mol. The van der Waals surface area contributed by atoms with Gasteiger partial charge in [-0.15, -0.1) is 0 Å². The largest absolute Gasteiger partial charge is 0.472 e. The Hall–Kier alpha value is 0.0200. The molecule has 0 heterocycles. The molecular weight excluding hydrogens is 512 g/mol. The number of quaternary nitrogens is 1. The molecule has 0 aromatic heterocycles. The molecule has 0 amide bonds. The topological polar surface area (TPSA) is 55.8 Å². The average Bonchev–Trinajstić information content (AvgIpc) is 2.66. The van der Waals surface area contributed by atoms with Gasteiger partial charge in [0.1, 0.15) is 13.2 Å². The Morgan fingerprint density at radius 2 is 1.53 bits per heavy atom. The molecule has 0 aliphatic rings. The molecule has 7 heteroatoms. The van der Waals surface area contributed by atoms with Crippen molar-refractivity contribution < 1.29 is 23.0 Å². The van der Waals surface area contributed by atoms with Crippen LogP contribution in [0, 0.1) is 3.57 Å². The molecule has 5 nitrogen and oxygen atoms in total. The molecule has 1 aromatic carbocycles. The van der Waals surface area contributed by atoms with Crippen LogP contribution in [0.4, 0.5) is 0 Å². The van der Waals surface area contributed by atoms with E-state index in [1.54, 1.807) is 0 Å². The van der Waals surface area contributed by atoms with Gasteiger partial charge < -0.3 is 9.38 Å². The fraction of sp³-hybridized carbons (Fsp3) is 0.739. The summed E-state index contributed by atoms with van der Waals surface area (Å²) in [6, 6.07) is 8.35. The van der Waals surface area contributed by atoms with E-state index in [9.17, 15) is 9.46 Å². The van der Waals surface area contributed by atoms with Gasteiger partial charge in [-0.05, 0) is 46.7 Å². The molecule has 1 aromatic rings. The predicted molar refractivity (Wildman–Crippen MR) is 134 cm³/mol. The van der Waals surface area contributed by atoms with E-state index < -0.39 is 7.82 Å². The quantitative estimate of drug-likeness (QED) is 0.100. The van der Waals surface area contributed by atoms with Crippen LogP contribution in [0.1, 0.15) is 76.2 Å². The lowest BCUT2D eigenvalue weighted by Gasteiger charge is -2.24.